The van der Waals surface area contributed by atoms with Gasteiger partial charge in [-0.25, -0.2) is 5.21 Å². The van der Waals surface area contributed by atoms with Gasteiger partial charge < -0.3 is 5.11 Å². The highest BCUT2D eigenvalue weighted by atomic mass is 33.1. The summed E-state index contributed by atoms with van der Waals surface area (Å²) in [5.41, 5.74) is 0. The molecule has 0 aromatic rings. The van der Waals surface area contributed by atoms with Crippen LogP contribution in [0.2, 0.25) is 0 Å². The lowest BCUT2D eigenvalue weighted by molar-refractivity contribution is -0.981. The Balaban J connectivity index is 2.35. The molecule has 1 fully saturated rings. The molecule has 1 aliphatic rings. The third-order valence-electron chi connectivity index (χ3n) is 1.21. The molecule has 2 unspecified atom stereocenters. The van der Waals surface area contributed by atoms with Crippen LogP contribution in [-0.2, 0) is 4.84 Å². The van der Waals surface area contributed by atoms with Crippen LogP contribution in [0.25, 0.3) is 0 Å². The van der Waals surface area contributed by atoms with Gasteiger partial charge in [0.2, 0.25) is 6.10 Å². The molecule has 1 aliphatic heterocycles. The molecular weight excluding hydrogens is 190 g/mol. The zero-order valence-electron chi connectivity index (χ0n) is 5.54. The van der Waals surface area contributed by atoms with Crippen molar-refractivity contribution in [1.82, 2.24) is 0 Å². The van der Waals surface area contributed by atoms with Gasteiger partial charge in [0.25, 0.3) is 0 Å². The maximum atomic E-state index is 9.98. The van der Waals surface area contributed by atoms with E-state index in [2.05, 4.69) is 4.84 Å². The quantitative estimate of drug-likeness (QED) is 0.488. The van der Waals surface area contributed by atoms with E-state index in [1.165, 1.54) is 21.6 Å². The summed E-state index contributed by atoms with van der Waals surface area (Å²) in [6.45, 7) is 0. The highest BCUT2D eigenvalue weighted by Gasteiger charge is 2.31. The van der Waals surface area contributed by atoms with E-state index in [1.54, 1.807) is 0 Å². The molecule has 0 aromatic carbocycles. The van der Waals surface area contributed by atoms with Crippen LogP contribution < -0.4 is 0 Å². The van der Waals surface area contributed by atoms with Crippen LogP contribution in [0.4, 0.5) is 0 Å². The molecule has 0 spiro atoms. The van der Waals surface area contributed by atoms with E-state index in [0.29, 0.717) is 11.5 Å². The van der Waals surface area contributed by atoms with E-state index in [0.717, 1.165) is 0 Å². The van der Waals surface area contributed by atoms with Crippen LogP contribution in [0.5, 0.6) is 0 Å². The molecule has 0 bridgehead atoms. The molecule has 1 heterocycles. The molecule has 2 atom stereocenters. The first-order valence-electron chi connectivity index (χ1n) is 2.95. The number of hydrogen-bond donors (Lipinski definition) is 2. The normalized spacial score (nSPS) is 31.4. The highest BCUT2D eigenvalue weighted by molar-refractivity contribution is 8.76. The Kier molecular flexibility index (Phi) is 3.28. The third kappa shape index (κ3) is 2.76. The smallest absolute Gasteiger partial charge is 0.388 e. The first kappa shape index (κ1) is 8.95. The zero-order valence-corrected chi connectivity index (χ0v) is 7.18. The van der Waals surface area contributed by atoms with E-state index in [9.17, 15) is 10.0 Å². The van der Waals surface area contributed by atoms with E-state index >= 15 is 0 Å². The van der Waals surface area contributed by atoms with Crippen LogP contribution in [0.15, 0.2) is 0 Å². The molecule has 7 heteroatoms. The molecule has 11 heavy (non-hydrogen) atoms. The van der Waals surface area contributed by atoms with Gasteiger partial charge in [-0.1, -0.05) is 21.6 Å². The molecule has 64 valence electrons. The molecule has 0 saturated carbocycles. The largest absolute Gasteiger partial charge is 0.475 e. The average molecular weight is 198 g/mol. The standard InChI is InChI=1S/C4H8NO4S2/c6-3-1-10-11-2-4(3)9-5(7)8/h3-4,6H,1-2H2,(H,7,8)/q+1. The Morgan fingerprint density at radius 3 is 2.64 bits per heavy atom. The van der Waals surface area contributed by atoms with Gasteiger partial charge >= 0.3 is 5.09 Å². The van der Waals surface area contributed by atoms with Gasteiger partial charge in [0.1, 0.15) is 11.0 Å². The predicted octanol–water partition coefficient (Wildman–Crippen LogP) is 0.211. The Hall–Kier alpha value is -0.140. The lowest BCUT2D eigenvalue weighted by Crippen LogP contribution is -2.37. The summed E-state index contributed by atoms with van der Waals surface area (Å²) in [7, 11) is 3.02. The second kappa shape index (κ2) is 4.03. The Bertz CT molecular complexity index is 155. The second-order valence-corrected chi connectivity index (χ2v) is 4.57. The number of aliphatic hydroxyl groups is 1. The maximum Gasteiger partial charge on any atom is 0.475 e. The fourth-order valence-electron chi connectivity index (χ4n) is 0.668. The summed E-state index contributed by atoms with van der Waals surface area (Å²) in [5.74, 6) is 1.02. The minimum atomic E-state index is -0.676. The monoisotopic (exact) mass is 198 g/mol. The summed E-state index contributed by atoms with van der Waals surface area (Å²) in [6, 6.07) is 0. The van der Waals surface area contributed by atoms with Crippen LogP contribution >= 0.6 is 21.6 Å². The van der Waals surface area contributed by atoms with Gasteiger partial charge in [0, 0.05) is 5.75 Å². The SMILES string of the molecule is O=[N+](O)OC1CSSCC1O. The first-order chi connectivity index (χ1) is 5.20. The van der Waals surface area contributed by atoms with Crippen molar-refractivity contribution in [2.24, 2.45) is 0 Å². The fourth-order valence-corrected chi connectivity index (χ4v) is 3.03. The topological polar surface area (TPSA) is 69.8 Å². The molecule has 2 N–H and O–H groups in total. The number of rotatable bonds is 2. The van der Waals surface area contributed by atoms with Gasteiger partial charge in [-0.15, -0.1) is 0 Å². The van der Waals surface area contributed by atoms with Crippen molar-refractivity contribution in [2.75, 3.05) is 11.5 Å². The Labute approximate surface area is 71.0 Å². The van der Waals surface area contributed by atoms with E-state index in [1.807, 2.05) is 0 Å². The minimum Gasteiger partial charge on any atom is -0.388 e. The molecule has 0 aliphatic carbocycles. The Morgan fingerprint density at radius 2 is 2.09 bits per heavy atom. The average Bonchev–Trinajstić information content (AvgIpc) is 1.93. The molecule has 0 amide bonds. The number of hydrogen-bond acceptors (Lipinski definition) is 5. The van der Waals surface area contributed by atoms with Gasteiger partial charge in [0.15, 0.2) is 0 Å². The van der Waals surface area contributed by atoms with Gasteiger partial charge in [-0.05, 0) is 0 Å². The summed E-state index contributed by atoms with van der Waals surface area (Å²) in [4.78, 5) is 14.3. The van der Waals surface area contributed by atoms with E-state index in [4.69, 9.17) is 5.21 Å². The van der Waals surface area contributed by atoms with E-state index < -0.39 is 17.3 Å². The van der Waals surface area contributed by atoms with Crippen LogP contribution in [0, 0.1) is 4.91 Å². The predicted molar refractivity (Wildman–Crippen MR) is 41.2 cm³/mol. The molecular formula is C4H8NO4S2+. The van der Waals surface area contributed by atoms with Crippen molar-refractivity contribution in [1.29, 1.82) is 0 Å². The third-order valence-corrected chi connectivity index (χ3v) is 3.63. The van der Waals surface area contributed by atoms with Crippen molar-refractivity contribution in [3.8, 4) is 0 Å². The van der Waals surface area contributed by atoms with Gasteiger partial charge in [0.05, 0.1) is 5.75 Å². The molecule has 0 aromatic heterocycles. The Morgan fingerprint density at radius 1 is 1.45 bits per heavy atom. The summed E-state index contributed by atoms with van der Waals surface area (Å²) < 4.78 is 0. The van der Waals surface area contributed by atoms with Crippen molar-refractivity contribution in [3.05, 3.63) is 4.91 Å². The van der Waals surface area contributed by atoms with Crippen molar-refractivity contribution < 1.29 is 20.2 Å². The number of nitrogens with zero attached hydrogens (tertiary/aromatic N) is 1. The fraction of sp³-hybridized carbons (Fsp3) is 1.00. The van der Waals surface area contributed by atoms with Crippen molar-refractivity contribution in [3.63, 3.8) is 0 Å². The highest BCUT2D eigenvalue weighted by Crippen LogP contribution is 2.30. The zero-order chi connectivity index (χ0) is 8.27. The molecule has 5 nitrogen and oxygen atoms in total. The van der Waals surface area contributed by atoms with Crippen molar-refractivity contribution >= 4 is 21.6 Å². The van der Waals surface area contributed by atoms with Gasteiger partial charge in [-0.2, -0.15) is 4.84 Å². The molecule has 1 saturated heterocycles. The van der Waals surface area contributed by atoms with Crippen LogP contribution in [0.1, 0.15) is 0 Å². The molecule has 0 radical (unpaired) electrons. The van der Waals surface area contributed by atoms with Gasteiger partial charge in [-0.3, -0.25) is 0 Å². The summed E-state index contributed by atoms with van der Waals surface area (Å²) in [6.07, 6.45) is -1.27. The lowest BCUT2D eigenvalue weighted by atomic mass is 10.2. The van der Waals surface area contributed by atoms with Crippen LogP contribution in [0.3, 0.4) is 0 Å². The minimum absolute atomic E-state index is 0.505. The summed E-state index contributed by atoms with van der Waals surface area (Å²) >= 11 is 0. The second-order valence-electron chi connectivity index (χ2n) is 2.02. The first-order valence-corrected chi connectivity index (χ1v) is 5.44. The van der Waals surface area contributed by atoms with Crippen LogP contribution in [-0.4, -0.2) is 39.1 Å². The summed E-state index contributed by atoms with van der Waals surface area (Å²) in [5, 5.41) is 16.7. The maximum absolute atomic E-state index is 9.98. The van der Waals surface area contributed by atoms with Crippen molar-refractivity contribution in [2.45, 2.75) is 12.2 Å². The lowest BCUT2D eigenvalue weighted by Gasteiger charge is -2.19. The molecule has 1 rings (SSSR count). The number of aliphatic hydroxyl groups excluding tert-OH is 1. The van der Waals surface area contributed by atoms with E-state index in [-0.39, 0.29) is 0 Å².